The maximum absolute atomic E-state index is 5.37. The molecular weight excluding hydrogens is 180 g/mol. The molecule has 0 atom stereocenters. The van der Waals surface area contributed by atoms with Gasteiger partial charge in [-0.1, -0.05) is 0 Å². The van der Waals surface area contributed by atoms with Crippen molar-refractivity contribution in [3.8, 4) is 0 Å². The third-order valence-electron chi connectivity index (χ3n) is 0.936. The molecule has 2 nitrogen and oxygen atoms in total. The highest BCUT2D eigenvalue weighted by Gasteiger charge is 1.80. The molecule has 0 aromatic heterocycles. The molecule has 1 aromatic rings. The highest BCUT2D eigenvalue weighted by atomic mass is 32.2. The van der Waals surface area contributed by atoms with Gasteiger partial charge in [0.25, 0.3) is 0 Å². The van der Waals surface area contributed by atoms with Crippen molar-refractivity contribution in [2.24, 2.45) is 0 Å². The van der Waals surface area contributed by atoms with Crippen molar-refractivity contribution in [2.45, 2.75) is 0 Å². The Balaban J connectivity index is 0. The largest absolute Gasteiger partial charge is 0.399 e. The SMILES string of the molecule is C=C.CSC.Nc1ccc(N)cc1. The van der Waals surface area contributed by atoms with Crippen LogP contribution in [0.15, 0.2) is 37.4 Å². The van der Waals surface area contributed by atoms with Crippen LogP contribution in [0.25, 0.3) is 0 Å². The van der Waals surface area contributed by atoms with Gasteiger partial charge in [0.05, 0.1) is 0 Å². The second-order valence-corrected chi connectivity index (χ2v) is 2.89. The number of thioether (sulfide) groups is 1. The molecule has 0 aliphatic heterocycles. The molecule has 0 saturated carbocycles. The van der Waals surface area contributed by atoms with Crippen LogP contribution in [-0.2, 0) is 0 Å². The summed E-state index contributed by atoms with van der Waals surface area (Å²) in [6, 6.07) is 7.09. The lowest BCUT2D eigenvalue weighted by atomic mass is 10.3. The van der Waals surface area contributed by atoms with Crippen LogP contribution >= 0.6 is 11.8 Å². The zero-order valence-corrected chi connectivity index (χ0v) is 9.10. The van der Waals surface area contributed by atoms with Crippen molar-refractivity contribution >= 4 is 23.1 Å². The summed E-state index contributed by atoms with van der Waals surface area (Å²) in [7, 11) is 0. The molecule has 74 valence electrons. The van der Waals surface area contributed by atoms with Crippen molar-refractivity contribution in [1.29, 1.82) is 0 Å². The van der Waals surface area contributed by atoms with Crippen molar-refractivity contribution in [2.75, 3.05) is 24.0 Å². The number of benzene rings is 1. The lowest BCUT2D eigenvalue weighted by Gasteiger charge is -1.90. The summed E-state index contributed by atoms with van der Waals surface area (Å²) in [6.07, 6.45) is 4.08. The van der Waals surface area contributed by atoms with Gasteiger partial charge in [-0.15, -0.1) is 13.2 Å². The molecule has 1 rings (SSSR count). The van der Waals surface area contributed by atoms with E-state index < -0.39 is 0 Å². The Morgan fingerprint density at radius 3 is 1.23 bits per heavy atom. The van der Waals surface area contributed by atoms with Gasteiger partial charge in [-0.05, 0) is 36.8 Å². The minimum atomic E-state index is 0.749. The molecule has 0 saturated heterocycles. The summed E-state index contributed by atoms with van der Waals surface area (Å²) in [5.74, 6) is 0. The average molecular weight is 198 g/mol. The average Bonchev–Trinajstić information content (AvgIpc) is 2.15. The maximum atomic E-state index is 5.37. The predicted octanol–water partition coefficient (Wildman–Crippen LogP) is 2.63. The number of rotatable bonds is 0. The molecule has 0 unspecified atom stereocenters. The Bertz CT molecular complexity index is 176. The van der Waals surface area contributed by atoms with E-state index in [2.05, 4.69) is 13.2 Å². The van der Waals surface area contributed by atoms with Crippen LogP contribution in [0.1, 0.15) is 0 Å². The Labute approximate surface area is 85.0 Å². The molecule has 0 aliphatic carbocycles. The summed E-state index contributed by atoms with van der Waals surface area (Å²) < 4.78 is 0. The molecule has 1 aromatic carbocycles. The molecule has 0 aliphatic rings. The van der Waals surface area contributed by atoms with Crippen LogP contribution in [-0.4, -0.2) is 12.5 Å². The van der Waals surface area contributed by atoms with Gasteiger partial charge in [0.15, 0.2) is 0 Å². The summed E-state index contributed by atoms with van der Waals surface area (Å²) in [5.41, 5.74) is 12.2. The van der Waals surface area contributed by atoms with E-state index in [9.17, 15) is 0 Å². The number of nitrogen functional groups attached to an aromatic ring is 2. The molecule has 13 heavy (non-hydrogen) atoms. The van der Waals surface area contributed by atoms with Crippen LogP contribution in [0.5, 0.6) is 0 Å². The van der Waals surface area contributed by atoms with Gasteiger partial charge in [0.2, 0.25) is 0 Å². The molecule has 0 radical (unpaired) electrons. The third kappa shape index (κ3) is 10.9. The van der Waals surface area contributed by atoms with Gasteiger partial charge >= 0.3 is 0 Å². The first-order valence-electron chi connectivity index (χ1n) is 3.72. The Hall–Kier alpha value is -1.09. The minimum Gasteiger partial charge on any atom is -0.399 e. The molecule has 4 N–H and O–H groups in total. The quantitative estimate of drug-likeness (QED) is 0.498. The van der Waals surface area contributed by atoms with E-state index in [1.54, 1.807) is 36.0 Å². The van der Waals surface area contributed by atoms with E-state index in [4.69, 9.17) is 11.5 Å². The Kier molecular flexibility index (Phi) is 12.1. The predicted molar refractivity (Wildman–Crippen MR) is 66.0 cm³/mol. The number of nitrogens with two attached hydrogens (primary N) is 2. The fraction of sp³-hybridized carbons (Fsp3) is 0.200. The van der Waals surface area contributed by atoms with Gasteiger partial charge in [0, 0.05) is 11.4 Å². The first kappa shape index (κ1) is 14.4. The fourth-order valence-corrected chi connectivity index (χ4v) is 0.496. The Morgan fingerprint density at radius 1 is 0.923 bits per heavy atom. The van der Waals surface area contributed by atoms with E-state index in [1.807, 2.05) is 12.5 Å². The zero-order chi connectivity index (χ0) is 10.7. The topological polar surface area (TPSA) is 52.0 Å². The molecular formula is C10H18N2S. The van der Waals surface area contributed by atoms with Gasteiger partial charge in [0.1, 0.15) is 0 Å². The second-order valence-electron chi connectivity index (χ2n) is 2.07. The molecule has 0 amide bonds. The van der Waals surface area contributed by atoms with Crippen LogP contribution in [0.4, 0.5) is 11.4 Å². The lowest BCUT2D eigenvalue weighted by molar-refractivity contribution is 1.67. The fourth-order valence-electron chi connectivity index (χ4n) is 0.496. The first-order valence-corrected chi connectivity index (χ1v) is 5.35. The summed E-state index contributed by atoms with van der Waals surface area (Å²) in [4.78, 5) is 0. The molecule has 0 heterocycles. The van der Waals surface area contributed by atoms with E-state index in [0.29, 0.717) is 0 Å². The van der Waals surface area contributed by atoms with Crippen molar-refractivity contribution in [3.05, 3.63) is 37.4 Å². The maximum Gasteiger partial charge on any atom is 0.0315 e. The normalized spacial score (nSPS) is 7.23. The minimum absolute atomic E-state index is 0.749. The summed E-state index contributed by atoms with van der Waals surface area (Å²) in [5, 5.41) is 0. The number of hydrogen-bond donors (Lipinski definition) is 2. The van der Waals surface area contributed by atoms with E-state index in [1.165, 1.54) is 0 Å². The van der Waals surface area contributed by atoms with E-state index >= 15 is 0 Å². The van der Waals surface area contributed by atoms with Crippen LogP contribution in [0.2, 0.25) is 0 Å². The highest BCUT2D eigenvalue weighted by Crippen LogP contribution is 2.04. The van der Waals surface area contributed by atoms with Gasteiger partial charge in [-0.2, -0.15) is 11.8 Å². The van der Waals surface area contributed by atoms with Crippen LogP contribution < -0.4 is 11.5 Å². The van der Waals surface area contributed by atoms with Crippen molar-refractivity contribution in [3.63, 3.8) is 0 Å². The van der Waals surface area contributed by atoms with Crippen LogP contribution in [0.3, 0.4) is 0 Å². The number of hydrogen-bond acceptors (Lipinski definition) is 3. The van der Waals surface area contributed by atoms with Gasteiger partial charge in [-0.3, -0.25) is 0 Å². The number of anilines is 2. The smallest absolute Gasteiger partial charge is 0.0315 e. The lowest BCUT2D eigenvalue weighted by Crippen LogP contribution is -1.86. The molecule has 0 bridgehead atoms. The summed E-state index contributed by atoms with van der Waals surface area (Å²) in [6.45, 7) is 6.00. The van der Waals surface area contributed by atoms with Crippen molar-refractivity contribution < 1.29 is 0 Å². The molecule has 0 spiro atoms. The van der Waals surface area contributed by atoms with Gasteiger partial charge in [-0.25, -0.2) is 0 Å². The van der Waals surface area contributed by atoms with Crippen molar-refractivity contribution in [1.82, 2.24) is 0 Å². The van der Waals surface area contributed by atoms with E-state index in [0.717, 1.165) is 11.4 Å². The highest BCUT2D eigenvalue weighted by molar-refractivity contribution is 7.97. The first-order chi connectivity index (χ1) is 6.20. The van der Waals surface area contributed by atoms with E-state index in [-0.39, 0.29) is 0 Å². The monoisotopic (exact) mass is 198 g/mol. The molecule has 0 fully saturated rings. The summed E-state index contributed by atoms with van der Waals surface area (Å²) >= 11 is 1.75. The second kappa shape index (κ2) is 10.9. The Morgan fingerprint density at radius 2 is 1.08 bits per heavy atom. The zero-order valence-electron chi connectivity index (χ0n) is 8.29. The van der Waals surface area contributed by atoms with Gasteiger partial charge < -0.3 is 11.5 Å². The van der Waals surface area contributed by atoms with Crippen LogP contribution in [0, 0.1) is 0 Å². The molecule has 3 heteroatoms. The standard InChI is InChI=1S/C6H8N2.C2H6S.C2H4/c7-5-1-2-6(8)4-3-5;1-3-2;1-2/h1-4H,7-8H2;1-2H3;1-2H2. The third-order valence-corrected chi connectivity index (χ3v) is 0.936.